The second-order valence-electron chi connectivity index (χ2n) is 8.70. The molecule has 1 saturated heterocycles. The predicted molar refractivity (Wildman–Crippen MR) is 126 cm³/mol. The van der Waals surface area contributed by atoms with Gasteiger partial charge in [0, 0.05) is 30.4 Å². The van der Waals surface area contributed by atoms with Crippen molar-refractivity contribution in [3.8, 4) is 11.4 Å². The van der Waals surface area contributed by atoms with Gasteiger partial charge in [0.2, 0.25) is 0 Å². The lowest BCUT2D eigenvalue weighted by molar-refractivity contribution is -0.137. The van der Waals surface area contributed by atoms with E-state index in [4.69, 9.17) is 0 Å². The molecule has 0 spiro atoms. The van der Waals surface area contributed by atoms with Gasteiger partial charge in [-0.2, -0.15) is 22.7 Å². The van der Waals surface area contributed by atoms with Crippen LogP contribution in [0.4, 0.5) is 30.4 Å². The van der Waals surface area contributed by atoms with E-state index >= 15 is 0 Å². The first-order chi connectivity index (χ1) is 16.3. The third kappa shape index (κ3) is 4.42. The molecule has 5 rings (SSSR count). The summed E-state index contributed by atoms with van der Waals surface area (Å²) in [5, 5.41) is 7.95. The molecule has 0 aliphatic carbocycles. The Morgan fingerprint density at radius 3 is 2.32 bits per heavy atom. The molecule has 0 bridgehead atoms. The third-order valence-corrected chi connectivity index (χ3v) is 6.03. The molecule has 176 valence electrons. The van der Waals surface area contributed by atoms with Gasteiger partial charge in [-0.25, -0.2) is 4.98 Å². The zero-order valence-corrected chi connectivity index (χ0v) is 19.0. The highest BCUT2D eigenvalue weighted by Gasteiger charge is 2.32. The molecular weight excluding hydrogens is 441 g/mol. The summed E-state index contributed by atoms with van der Waals surface area (Å²) in [5.74, 6) is 1.54. The maximum atomic E-state index is 13.5. The predicted octanol–water partition coefficient (Wildman–Crippen LogP) is 6.16. The normalized spacial score (nSPS) is 14.6. The molecule has 34 heavy (non-hydrogen) atoms. The molecule has 0 unspecified atom stereocenters. The van der Waals surface area contributed by atoms with Crippen LogP contribution < -0.4 is 10.2 Å². The van der Waals surface area contributed by atoms with Crippen LogP contribution in [0, 0.1) is 13.8 Å². The molecule has 2 aromatic heterocycles. The average Bonchev–Trinajstić information content (AvgIpc) is 3.24. The van der Waals surface area contributed by atoms with E-state index in [1.165, 1.54) is 12.1 Å². The highest BCUT2D eigenvalue weighted by atomic mass is 19.4. The van der Waals surface area contributed by atoms with Gasteiger partial charge in [-0.3, -0.25) is 0 Å². The average molecular weight is 467 g/mol. The van der Waals surface area contributed by atoms with Crippen molar-refractivity contribution >= 4 is 23.0 Å². The number of fused-ring (bicyclic) bond motifs is 1. The molecule has 4 aromatic rings. The van der Waals surface area contributed by atoms with Gasteiger partial charge < -0.3 is 10.2 Å². The maximum absolute atomic E-state index is 13.5. The van der Waals surface area contributed by atoms with E-state index < -0.39 is 11.7 Å². The van der Waals surface area contributed by atoms with Crippen LogP contribution in [0.5, 0.6) is 0 Å². The van der Waals surface area contributed by atoms with E-state index in [0.29, 0.717) is 28.8 Å². The monoisotopic (exact) mass is 466 g/mol. The molecule has 0 amide bonds. The Balaban J connectivity index is 1.57. The number of rotatable bonds is 4. The molecule has 1 aliphatic rings. The molecule has 9 heteroatoms. The summed E-state index contributed by atoms with van der Waals surface area (Å²) in [6, 6.07) is 13.5. The first-order valence-electron chi connectivity index (χ1n) is 11.3. The number of alkyl halides is 3. The van der Waals surface area contributed by atoms with Gasteiger partial charge in [-0.05, 0) is 51.3 Å². The fraction of sp³-hybridized carbons (Fsp3) is 0.320. The van der Waals surface area contributed by atoms with Crippen LogP contribution in [0.1, 0.15) is 36.1 Å². The molecule has 3 heterocycles. The Bertz CT molecular complexity index is 1320. The van der Waals surface area contributed by atoms with Gasteiger partial charge in [-0.15, -0.1) is 5.10 Å². The Kier molecular flexibility index (Phi) is 5.63. The number of hydrogen-bond acceptors (Lipinski definition) is 5. The minimum absolute atomic E-state index is 0.421. The van der Waals surface area contributed by atoms with Crippen LogP contribution in [0.3, 0.4) is 0 Å². The highest BCUT2D eigenvalue weighted by Crippen LogP contribution is 2.38. The second kappa shape index (κ2) is 8.62. The Labute approximate surface area is 195 Å². The van der Waals surface area contributed by atoms with E-state index in [-0.39, 0.29) is 0 Å². The summed E-state index contributed by atoms with van der Waals surface area (Å²) in [6.45, 7) is 5.31. The summed E-state index contributed by atoms with van der Waals surface area (Å²) in [7, 11) is 0. The van der Waals surface area contributed by atoms with E-state index in [9.17, 15) is 13.2 Å². The topological polar surface area (TPSA) is 58.4 Å². The Hall–Kier alpha value is -3.62. The van der Waals surface area contributed by atoms with E-state index in [1.54, 1.807) is 4.52 Å². The van der Waals surface area contributed by atoms with E-state index in [1.807, 2.05) is 49.1 Å². The van der Waals surface area contributed by atoms with Crippen LogP contribution in [-0.4, -0.2) is 32.7 Å². The first-order valence-corrected chi connectivity index (χ1v) is 11.3. The largest absolute Gasteiger partial charge is 0.416 e. The van der Waals surface area contributed by atoms with Gasteiger partial charge in [0.25, 0.3) is 5.78 Å². The van der Waals surface area contributed by atoms with Crippen LogP contribution in [0.25, 0.3) is 17.2 Å². The fourth-order valence-corrected chi connectivity index (χ4v) is 4.25. The number of piperidine rings is 1. The molecule has 0 saturated carbocycles. The lowest BCUT2D eigenvalue weighted by Gasteiger charge is -2.31. The van der Waals surface area contributed by atoms with Crippen molar-refractivity contribution in [2.75, 3.05) is 23.3 Å². The number of anilines is 3. The SMILES string of the molecule is Cc1ccc(-c2nc3nc(C)cc(Nc4ccc(C(F)(F)F)cc4N4CCCCC4)n3n2)cc1. The number of nitrogens with zero attached hydrogens (tertiary/aromatic N) is 5. The van der Waals surface area contributed by atoms with Gasteiger partial charge in [0.15, 0.2) is 5.82 Å². The van der Waals surface area contributed by atoms with Crippen molar-refractivity contribution in [2.24, 2.45) is 0 Å². The van der Waals surface area contributed by atoms with Crippen LogP contribution in [0.2, 0.25) is 0 Å². The van der Waals surface area contributed by atoms with Crippen molar-refractivity contribution in [3.63, 3.8) is 0 Å². The molecule has 6 nitrogen and oxygen atoms in total. The van der Waals surface area contributed by atoms with Crippen molar-refractivity contribution in [1.82, 2.24) is 19.6 Å². The Morgan fingerprint density at radius 2 is 1.62 bits per heavy atom. The number of nitrogens with one attached hydrogen (secondary N) is 1. The van der Waals surface area contributed by atoms with Crippen molar-refractivity contribution < 1.29 is 13.2 Å². The van der Waals surface area contributed by atoms with Gasteiger partial charge >= 0.3 is 6.18 Å². The molecule has 1 fully saturated rings. The van der Waals surface area contributed by atoms with E-state index in [2.05, 4.69) is 20.4 Å². The number of aromatic nitrogens is 4. The summed E-state index contributed by atoms with van der Waals surface area (Å²) >= 11 is 0. The minimum atomic E-state index is -4.40. The lowest BCUT2D eigenvalue weighted by atomic mass is 10.1. The molecular formula is C25H25F3N6. The van der Waals surface area contributed by atoms with Crippen molar-refractivity contribution in [3.05, 3.63) is 65.4 Å². The zero-order chi connectivity index (χ0) is 23.9. The molecule has 2 aromatic carbocycles. The summed E-state index contributed by atoms with van der Waals surface area (Å²) < 4.78 is 42.0. The summed E-state index contributed by atoms with van der Waals surface area (Å²) in [5.41, 5.74) is 3.20. The zero-order valence-electron chi connectivity index (χ0n) is 19.0. The Morgan fingerprint density at radius 1 is 0.882 bits per heavy atom. The lowest BCUT2D eigenvalue weighted by Crippen LogP contribution is -2.30. The third-order valence-electron chi connectivity index (χ3n) is 6.03. The van der Waals surface area contributed by atoms with Crippen LogP contribution in [0.15, 0.2) is 48.5 Å². The minimum Gasteiger partial charge on any atom is -0.370 e. The highest BCUT2D eigenvalue weighted by molar-refractivity contribution is 5.76. The summed E-state index contributed by atoms with van der Waals surface area (Å²) in [6.07, 6.45) is -1.41. The molecule has 1 aliphatic heterocycles. The number of hydrogen-bond donors (Lipinski definition) is 1. The van der Waals surface area contributed by atoms with Crippen molar-refractivity contribution in [1.29, 1.82) is 0 Å². The standard InChI is InChI=1S/C25H25F3N6/c1-16-6-8-18(9-7-16)23-31-24-29-17(2)14-22(34(24)32-23)30-20-11-10-19(25(26,27)28)15-21(20)33-12-4-3-5-13-33/h6-11,14-15,30H,3-5,12-13H2,1-2H3. The second-order valence-corrected chi connectivity index (χ2v) is 8.70. The summed E-state index contributed by atoms with van der Waals surface area (Å²) in [4.78, 5) is 11.1. The van der Waals surface area contributed by atoms with Crippen LogP contribution in [-0.2, 0) is 6.18 Å². The van der Waals surface area contributed by atoms with Gasteiger partial charge in [-0.1, -0.05) is 29.8 Å². The molecule has 1 N–H and O–H groups in total. The van der Waals surface area contributed by atoms with Gasteiger partial charge in [0.05, 0.1) is 16.9 Å². The van der Waals surface area contributed by atoms with Crippen LogP contribution >= 0.6 is 0 Å². The maximum Gasteiger partial charge on any atom is 0.416 e. The number of benzene rings is 2. The van der Waals surface area contributed by atoms with Gasteiger partial charge in [0.1, 0.15) is 5.82 Å². The molecule has 0 radical (unpaired) electrons. The quantitative estimate of drug-likeness (QED) is 0.390. The van der Waals surface area contributed by atoms with Crippen molar-refractivity contribution in [2.45, 2.75) is 39.3 Å². The fourth-order valence-electron chi connectivity index (χ4n) is 4.25. The smallest absolute Gasteiger partial charge is 0.370 e. The first kappa shape index (κ1) is 22.2. The molecule has 0 atom stereocenters. The number of halogens is 3. The van der Waals surface area contributed by atoms with E-state index in [0.717, 1.165) is 55.2 Å². The number of aryl methyl sites for hydroxylation is 2.